The summed E-state index contributed by atoms with van der Waals surface area (Å²) in [6, 6.07) is 0. The van der Waals surface area contributed by atoms with Crippen molar-refractivity contribution in [3.63, 3.8) is 0 Å². The van der Waals surface area contributed by atoms with Crippen LogP contribution < -0.4 is 0 Å². The van der Waals surface area contributed by atoms with Crippen LogP contribution in [-0.2, 0) is 16.6 Å². The van der Waals surface area contributed by atoms with Gasteiger partial charge in [0.2, 0.25) is 10.0 Å². The van der Waals surface area contributed by atoms with E-state index in [0.29, 0.717) is 31.6 Å². The summed E-state index contributed by atoms with van der Waals surface area (Å²) in [5.74, 6) is 0.334. The maximum absolute atomic E-state index is 11.6. The molecule has 112 valence electrons. The number of nitrogens with zero attached hydrogens (tertiary/aromatic N) is 3. The minimum Gasteiger partial charge on any atom is -0.294 e. The number of sulfonamides is 1. The van der Waals surface area contributed by atoms with E-state index < -0.39 is 10.0 Å². The van der Waals surface area contributed by atoms with Crippen LogP contribution in [0.5, 0.6) is 0 Å². The lowest BCUT2D eigenvalue weighted by Gasteiger charge is -2.30. The number of rotatable bonds is 5. The standard InChI is InChI=1S/C13H21N3O3S/c1-3-13(17)12-7-14-15(10-12)8-11-5-4-6-16(9-11)20(2,18)19/h7,10-11H,3-6,8-9H2,1-2H3. The summed E-state index contributed by atoms with van der Waals surface area (Å²) in [6.45, 7) is 3.62. The summed E-state index contributed by atoms with van der Waals surface area (Å²) in [6.07, 6.45) is 6.93. The molecule has 0 N–H and O–H groups in total. The van der Waals surface area contributed by atoms with Gasteiger partial charge in [0.25, 0.3) is 0 Å². The Bertz CT molecular complexity index is 579. The van der Waals surface area contributed by atoms with E-state index in [1.807, 2.05) is 6.92 Å². The molecular formula is C13H21N3O3S. The van der Waals surface area contributed by atoms with E-state index in [2.05, 4.69) is 5.10 Å². The molecule has 1 aliphatic heterocycles. The Kier molecular flexibility index (Phi) is 4.59. The molecule has 0 amide bonds. The average molecular weight is 299 g/mol. The number of ketones is 1. The van der Waals surface area contributed by atoms with Crippen LogP contribution in [0.4, 0.5) is 0 Å². The number of hydrogen-bond donors (Lipinski definition) is 0. The van der Waals surface area contributed by atoms with Crippen LogP contribution in [0, 0.1) is 5.92 Å². The van der Waals surface area contributed by atoms with Crippen molar-refractivity contribution in [3.8, 4) is 0 Å². The van der Waals surface area contributed by atoms with Gasteiger partial charge in [-0.05, 0) is 18.8 Å². The molecule has 0 bridgehead atoms. The fourth-order valence-electron chi connectivity index (χ4n) is 2.55. The molecule has 20 heavy (non-hydrogen) atoms. The highest BCUT2D eigenvalue weighted by molar-refractivity contribution is 7.88. The predicted octanol–water partition coefficient (Wildman–Crippen LogP) is 1.15. The number of Topliss-reactive ketones (excluding diaryl/α,β-unsaturated/α-hetero) is 1. The number of carbonyl (C=O) groups excluding carboxylic acids is 1. The molecule has 1 atom stereocenters. The van der Waals surface area contributed by atoms with Gasteiger partial charge in [0.15, 0.2) is 5.78 Å². The number of carbonyl (C=O) groups is 1. The molecule has 7 heteroatoms. The highest BCUT2D eigenvalue weighted by Crippen LogP contribution is 2.20. The van der Waals surface area contributed by atoms with Crippen molar-refractivity contribution in [1.82, 2.24) is 14.1 Å². The molecule has 1 aromatic rings. The Labute approximate surface area is 119 Å². The van der Waals surface area contributed by atoms with Crippen LogP contribution in [0.2, 0.25) is 0 Å². The zero-order valence-electron chi connectivity index (χ0n) is 11.9. The summed E-state index contributed by atoms with van der Waals surface area (Å²) in [4.78, 5) is 11.6. The van der Waals surface area contributed by atoms with Crippen molar-refractivity contribution in [1.29, 1.82) is 0 Å². The third-order valence-corrected chi connectivity index (χ3v) is 4.94. The minimum absolute atomic E-state index is 0.0812. The second kappa shape index (κ2) is 6.05. The topological polar surface area (TPSA) is 72.3 Å². The zero-order chi connectivity index (χ0) is 14.8. The smallest absolute Gasteiger partial charge is 0.211 e. The summed E-state index contributed by atoms with van der Waals surface area (Å²) in [5.41, 5.74) is 0.628. The van der Waals surface area contributed by atoms with Gasteiger partial charge >= 0.3 is 0 Å². The SMILES string of the molecule is CCC(=O)c1cnn(CC2CCCN(S(C)(=O)=O)C2)c1. The van der Waals surface area contributed by atoms with Crippen LogP contribution >= 0.6 is 0 Å². The van der Waals surface area contributed by atoms with Gasteiger partial charge in [-0.1, -0.05) is 6.92 Å². The fourth-order valence-corrected chi connectivity index (χ4v) is 3.50. The Morgan fingerprint density at radius 2 is 2.25 bits per heavy atom. The lowest BCUT2D eigenvalue weighted by molar-refractivity contribution is 0.0988. The van der Waals surface area contributed by atoms with Crippen LogP contribution in [-0.4, -0.2) is 47.6 Å². The van der Waals surface area contributed by atoms with Crippen molar-refractivity contribution in [2.45, 2.75) is 32.7 Å². The Morgan fingerprint density at radius 1 is 1.50 bits per heavy atom. The maximum atomic E-state index is 11.6. The van der Waals surface area contributed by atoms with Crippen molar-refractivity contribution in [2.75, 3.05) is 19.3 Å². The highest BCUT2D eigenvalue weighted by atomic mass is 32.2. The summed E-state index contributed by atoms with van der Waals surface area (Å²) in [5, 5.41) is 4.19. The van der Waals surface area contributed by atoms with Crippen molar-refractivity contribution in [3.05, 3.63) is 18.0 Å². The van der Waals surface area contributed by atoms with Crippen molar-refractivity contribution in [2.24, 2.45) is 5.92 Å². The normalized spacial score (nSPS) is 21.0. The first kappa shape index (κ1) is 15.2. The van der Waals surface area contributed by atoms with Crippen LogP contribution in [0.3, 0.4) is 0 Å². The first-order valence-electron chi connectivity index (χ1n) is 6.91. The van der Waals surface area contributed by atoms with Crippen molar-refractivity contribution < 1.29 is 13.2 Å². The van der Waals surface area contributed by atoms with E-state index in [1.54, 1.807) is 17.1 Å². The second-order valence-corrected chi connectivity index (χ2v) is 7.34. The van der Waals surface area contributed by atoms with E-state index >= 15 is 0 Å². The van der Waals surface area contributed by atoms with Gasteiger partial charge in [-0.15, -0.1) is 0 Å². The number of aromatic nitrogens is 2. The third-order valence-electron chi connectivity index (χ3n) is 3.67. The van der Waals surface area contributed by atoms with Gasteiger partial charge in [0.05, 0.1) is 18.0 Å². The number of hydrogen-bond acceptors (Lipinski definition) is 4. The van der Waals surface area contributed by atoms with E-state index in [1.165, 1.54) is 10.6 Å². The Morgan fingerprint density at radius 3 is 2.90 bits per heavy atom. The molecule has 1 aliphatic rings. The van der Waals surface area contributed by atoms with Crippen LogP contribution in [0.15, 0.2) is 12.4 Å². The van der Waals surface area contributed by atoms with E-state index in [4.69, 9.17) is 0 Å². The van der Waals surface area contributed by atoms with Gasteiger partial charge in [0, 0.05) is 32.3 Å². The fraction of sp³-hybridized carbons (Fsp3) is 0.692. The average Bonchev–Trinajstić information content (AvgIpc) is 2.85. The number of piperidine rings is 1. The molecule has 2 rings (SSSR count). The van der Waals surface area contributed by atoms with Gasteiger partial charge in [-0.3, -0.25) is 9.48 Å². The van der Waals surface area contributed by atoms with Gasteiger partial charge in [-0.25, -0.2) is 12.7 Å². The molecule has 6 nitrogen and oxygen atoms in total. The molecule has 0 aliphatic carbocycles. The molecule has 0 saturated carbocycles. The highest BCUT2D eigenvalue weighted by Gasteiger charge is 2.26. The molecule has 1 unspecified atom stereocenters. The van der Waals surface area contributed by atoms with E-state index in [9.17, 15) is 13.2 Å². The Balaban J connectivity index is 1.99. The van der Waals surface area contributed by atoms with E-state index in [-0.39, 0.29) is 11.7 Å². The quantitative estimate of drug-likeness (QED) is 0.765. The molecule has 0 spiro atoms. The predicted molar refractivity (Wildman–Crippen MR) is 76.0 cm³/mol. The third kappa shape index (κ3) is 3.67. The lowest BCUT2D eigenvalue weighted by Crippen LogP contribution is -2.40. The van der Waals surface area contributed by atoms with Gasteiger partial charge < -0.3 is 0 Å². The zero-order valence-corrected chi connectivity index (χ0v) is 12.8. The largest absolute Gasteiger partial charge is 0.294 e. The van der Waals surface area contributed by atoms with Gasteiger partial charge in [-0.2, -0.15) is 5.10 Å². The van der Waals surface area contributed by atoms with Gasteiger partial charge in [0.1, 0.15) is 0 Å². The molecule has 0 aromatic carbocycles. The van der Waals surface area contributed by atoms with Crippen LogP contribution in [0.25, 0.3) is 0 Å². The molecule has 1 fully saturated rings. The van der Waals surface area contributed by atoms with Crippen molar-refractivity contribution >= 4 is 15.8 Å². The summed E-state index contributed by atoms with van der Waals surface area (Å²) in [7, 11) is -3.11. The minimum atomic E-state index is -3.11. The second-order valence-electron chi connectivity index (χ2n) is 5.36. The van der Waals surface area contributed by atoms with E-state index in [0.717, 1.165) is 12.8 Å². The molecule has 1 saturated heterocycles. The summed E-state index contributed by atoms with van der Waals surface area (Å²) < 4.78 is 26.4. The maximum Gasteiger partial charge on any atom is 0.211 e. The molecule has 1 aromatic heterocycles. The Hall–Kier alpha value is -1.21. The monoisotopic (exact) mass is 299 g/mol. The molecule has 2 heterocycles. The lowest BCUT2D eigenvalue weighted by atomic mass is 10.00. The first-order valence-corrected chi connectivity index (χ1v) is 8.75. The van der Waals surface area contributed by atoms with Crippen LogP contribution in [0.1, 0.15) is 36.5 Å². The summed E-state index contributed by atoms with van der Waals surface area (Å²) >= 11 is 0. The first-order chi connectivity index (χ1) is 9.40. The molecule has 0 radical (unpaired) electrons. The molecular weight excluding hydrogens is 278 g/mol.